The molecule has 0 aromatic heterocycles. The van der Waals surface area contributed by atoms with Crippen LogP contribution in [-0.4, -0.2) is 25.8 Å². The first-order chi connectivity index (χ1) is 10.2. The van der Waals surface area contributed by atoms with E-state index in [4.69, 9.17) is 14.2 Å². The molecule has 1 aromatic carbocycles. The number of fused-ring (bicyclic) bond motifs is 1. The van der Waals surface area contributed by atoms with Gasteiger partial charge in [0, 0.05) is 5.56 Å². The topological polar surface area (TPSA) is 44.8 Å². The van der Waals surface area contributed by atoms with E-state index in [0.717, 1.165) is 37.0 Å². The van der Waals surface area contributed by atoms with E-state index >= 15 is 0 Å². The van der Waals surface area contributed by atoms with Gasteiger partial charge in [-0.2, -0.15) is 0 Å². The molecule has 3 rings (SSSR count). The first-order valence-electron chi connectivity index (χ1n) is 7.66. The van der Waals surface area contributed by atoms with Crippen LogP contribution in [0, 0.1) is 0 Å². The number of rotatable bonds is 2. The van der Waals surface area contributed by atoms with Crippen molar-refractivity contribution in [3.8, 4) is 11.5 Å². The Hall–Kier alpha value is -1.71. The van der Waals surface area contributed by atoms with E-state index in [9.17, 15) is 4.79 Å². The number of carbonyl (C=O) groups excluding carboxylic acids is 1. The number of carbonyl (C=O) groups is 1. The molecule has 1 spiro atoms. The predicted octanol–water partition coefficient (Wildman–Crippen LogP) is 3.51. The van der Waals surface area contributed by atoms with Gasteiger partial charge in [-0.05, 0) is 50.7 Å². The summed E-state index contributed by atoms with van der Waals surface area (Å²) in [6, 6.07) is 3.57. The molecule has 0 unspecified atom stereocenters. The predicted molar refractivity (Wildman–Crippen MR) is 79.1 cm³/mol. The van der Waals surface area contributed by atoms with Crippen molar-refractivity contribution in [3.63, 3.8) is 0 Å². The quantitative estimate of drug-likeness (QED) is 0.782. The second kappa shape index (κ2) is 5.58. The summed E-state index contributed by atoms with van der Waals surface area (Å²) in [6.07, 6.45) is 7.73. The maximum atomic E-state index is 11.9. The molecule has 0 atom stereocenters. The molecule has 1 aromatic rings. The summed E-state index contributed by atoms with van der Waals surface area (Å²) in [4.78, 5) is 11.9. The molecule has 114 valence electrons. The lowest BCUT2D eigenvalue weighted by atomic mass is 9.78. The van der Waals surface area contributed by atoms with Crippen molar-refractivity contribution in [2.24, 2.45) is 0 Å². The summed E-state index contributed by atoms with van der Waals surface area (Å²) in [7, 11) is 3.05. The molecule has 1 aliphatic carbocycles. The molecular formula is C17H22O4. The fraction of sp³-hybridized carbons (Fsp3) is 0.588. The molecule has 21 heavy (non-hydrogen) atoms. The Morgan fingerprint density at radius 2 is 1.90 bits per heavy atom. The van der Waals surface area contributed by atoms with Gasteiger partial charge in [-0.1, -0.05) is 6.42 Å². The zero-order chi connectivity index (χ0) is 14.9. The average Bonchev–Trinajstić information content (AvgIpc) is 2.53. The van der Waals surface area contributed by atoms with Crippen LogP contribution in [0.1, 0.15) is 54.4 Å². The second-order valence-corrected chi connectivity index (χ2v) is 5.96. The van der Waals surface area contributed by atoms with Crippen molar-refractivity contribution in [1.82, 2.24) is 0 Å². The van der Waals surface area contributed by atoms with Crippen LogP contribution < -0.4 is 9.47 Å². The summed E-state index contributed by atoms with van der Waals surface area (Å²) in [5, 5.41) is 0. The summed E-state index contributed by atoms with van der Waals surface area (Å²) in [5.74, 6) is 1.15. The van der Waals surface area contributed by atoms with Crippen LogP contribution in [0.4, 0.5) is 0 Å². The van der Waals surface area contributed by atoms with Crippen LogP contribution in [-0.2, 0) is 11.2 Å². The molecule has 0 radical (unpaired) electrons. The number of hydrogen-bond donors (Lipinski definition) is 0. The minimum atomic E-state index is -0.308. The van der Waals surface area contributed by atoms with Gasteiger partial charge in [0.1, 0.15) is 5.60 Å². The molecule has 0 amide bonds. The van der Waals surface area contributed by atoms with Gasteiger partial charge in [-0.15, -0.1) is 0 Å². The summed E-state index contributed by atoms with van der Waals surface area (Å²) in [6.45, 7) is 0. The van der Waals surface area contributed by atoms with Gasteiger partial charge in [0.05, 0.1) is 19.8 Å². The van der Waals surface area contributed by atoms with Crippen molar-refractivity contribution in [1.29, 1.82) is 0 Å². The monoisotopic (exact) mass is 290 g/mol. The van der Waals surface area contributed by atoms with E-state index in [2.05, 4.69) is 0 Å². The van der Waals surface area contributed by atoms with Gasteiger partial charge < -0.3 is 14.2 Å². The molecule has 1 saturated carbocycles. The molecule has 0 saturated heterocycles. The van der Waals surface area contributed by atoms with Gasteiger partial charge in [-0.25, -0.2) is 4.79 Å². The summed E-state index contributed by atoms with van der Waals surface area (Å²) >= 11 is 0. The van der Waals surface area contributed by atoms with Gasteiger partial charge in [0.15, 0.2) is 11.5 Å². The van der Waals surface area contributed by atoms with Crippen molar-refractivity contribution >= 4 is 5.97 Å². The zero-order valence-electron chi connectivity index (χ0n) is 12.7. The fourth-order valence-corrected chi connectivity index (χ4v) is 3.60. The highest BCUT2D eigenvalue weighted by Gasteiger charge is 2.39. The number of hydrogen-bond acceptors (Lipinski definition) is 4. The van der Waals surface area contributed by atoms with E-state index in [0.29, 0.717) is 11.3 Å². The lowest BCUT2D eigenvalue weighted by Crippen LogP contribution is -2.41. The Kier molecular flexibility index (Phi) is 3.79. The molecule has 1 aliphatic heterocycles. The van der Waals surface area contributed by atoms with Crippen molar-refractivity contribution in [2.45, 2.75) is 50.5 Å². The molecular weight excluding hydrogens is 268 g/mol. The number of esters is 1. The van der Waals surface area contributed by atoms with E-state index in [-0.39, 0.29) is 11.6 Å². The third kappa shape index (κ3) is 2.47. The van der Waals surface area contributed by atoms with Gasteiger partial charge in [-0.3, -0.25) is 0 Å². The second-order valence-electron chi connectivity index (χ2n) is 5.96. The van der Waals surface area contributed by atoms with E-state index in [1.165, 1.54) is 26.4 Å². The highest BCUT2D eigenvalue weighted by Crippen LogP contribution is 2.46. The van der Waals surface area contributed by atoms with E-state index < -0.39 is 0 Å². The van der Waals surface area contributed by atoms with Crippen LogP contribution in [0.15, 0.2) is 12.1 Å². The average molecular weight is 290 g/mol. The minimum absolute atomic E-state index is 0.0622. The molecule has 4 nitrogen and oxygen atoms in total. The lowest BCUT2D eigenvalue weighted by molar-refractivity contribution is 0.00782. The minimum Gasteiger partial charge on any atom is -0.493 e. The highest BCUT2D eigenvalue weighted by molar-refractivity contribution is 5.92. The van der Waals surface area contributed by atoms with Crippen LogP contribution in [0.25, 0.3) is 0 Å². The zero-order valence-corrected chi connectivity index (χ0v) is 12.7. The Morgan fingerprint density at radius 1 is 1.14 bits per heavy atom. The summed E-state index contributed by atoms with van der Waals surface area (Å²) < 4.78 is 16.7. The number of ether oxygens (including phenoxy) is 3. The number of methoxy groups -OCH3 is 2. The fourth-order valence-electron chi connectivity index (χ4n) is 3.60. The SMILES string of the molecule is COC(=O)c1ccc(OC)c2c1CCC1(CCCCC1)O2. The molecule has 0 N–H and O–H groups in total. The summed E-state index contributed by atoms with van der Waals surface area (Å²) in [5.41, 5.74) is 1.46. The number of benzene rings is 1. The Morgan fingerprint density at radius 3 is 2.57 bits per heavy atom. The Balaban J connectivity index is 2.01. The highest BCUT2D eigenvalue weighted by atomic mass is 16.5. The van der Waals surface area contributed by atoms with Gasteiger partial charge in [0.2, 0.25) is 0 Å². The van der Waals surface area contributed by atoms with E-state index in [1.54, 1.807) is 19.2 Å². The smallest absolute Gasteiger partial charge is 0.338 e. The Labute approximate surface area is 125 Å². The molecule has 2 aliphatic rings. The van der Waals surface area contributed by atoms with Gasteiger partial charge in [0.25, 0.3) is 0 Å². The largest absolute Gasteiger partial charge is 0.493 e. The van der Waals surface area contributed by atoms with Crippen LogP contribution >= 0.6 is 0 Å². The van der Waals surface area contributed by atoms with Crippen molar-refractivity contribution in [2.75, 3.05) is 14.2 Å². The molecule has 0 bridgehead atoms. The molecule has 1 fully saturated rings. The van der Waals surface area contributed by atoms with Crippen LogP contribution in [0.2, 0.25) is 0 Å². The lowest BCUT2D eigenvalue weighted by Gasteiger charge is -2.42. The Bertz CT molecular complexity index is 544. The first-order valence-corrected chi connectivity index (χ1v) is 7.66. The maximum absolute atomic E-state index is 11.9. The first kappa shape index (κ1) is 14.2. The maximum Gasteiger partial charge on any atom is 0.338 e. The van der Waals surface area contributed by atoms with Crippen LogP contribution in [0.5, 0.6) is 11.5 Å². The third-order valence-electron chi connectivity index (χ3n) is 4.76. The van der Waals surface area contributed by atoms with Crippen molar-refractivity contribution in [3.05, 3.63) is 23.3 Å². The van der Waals surface area contributed by atoms with Crippen molar-refractivity contribution < 1.29 is 19.0 Å². The molecule has 4 heteroatoms. The van der Waals surface area contributed by atoms with E-state index in [1.807, 2.05) is 0 Å². The van der Waals surface area contributed by atoms with Gasteiger partial charge >= 0.3 is 5.97 Å². The third-order valence-corrected chi connectivity index (χ3v) is 4.76. The van der Waals surface area contributed by atoms with Crippen LogP contribution in [0.3, 0.4) is 0 Å². The standard InChI is InChI=1S/C17H22O4/c1-19-14-7-6-13(16(18)20-2)12-8-11-17(21-15(12)14)9-4-3-5-10-17/h6-7H,3-5,8-11H2,1-2H3. The normalized spacial score (nSPS) is 19.5. The molecule has 1 heterocycles.